The van der Waals surface area contributed by atoms with Crippen molar-refractivity contribution in [3.63, 3.8) is 0 Å². The number of amides is 4. The van der Waals surface area contributed by atoms with Crippen LogP contribution >= 0.6 is 0 Å². The molecule has 2 aromatic rings. The second kappa shape index (κ2) is 10.8. The van der Waals surface area contributed by atoms with Crippen molar-refractivity contribution in [2.45, 2.75) is 26.9 Å². The second-order valence-corrected chi connectivity index (χ2v) is 6.61. The fraction of sp³-hybridized carbons (Fsp3) is 0.273. The van der Waals surface area contributed by atoms with Gasteiger partial charge in [-0.1, -0.05) is 36.4 Å². The molecule has 0 aliphatic heterocycles. The van der Waals surface area contributed by atoms with Crippen LogP contribution in [0.5, 0.6) is 0 Å². The van der Waals surface area contributed by atoms with Crippen LogP contribution in [0.4, 0.5) is 4.79 Å². The number of urea groups is 1. The Hall–Kier alpha value is -3.68. The zero-order chi connectivity index (χ0) is 22.1. The molecule has 3 N–H and O–H groups in total. The van der Waals surface area contributed by atoms with Gasteiger partial charge in [0.2, 0.25) is 6.10 Å². The molecule has 4 amide bonds. The van der Waals surface area contributed by atoms with Crippen LogP contribution in [0.25, 0.3) is 0 Å². The van der Waals surface area contributed by atoms with Crippen LogP contribution in [0.2, 0.25) is 0 Å². The van der Waals surface area contributed by atoms with Crippen LogP contribution in [0.15, 0.2) is 48.5 Å². The Morgan fingerprint density at radius 3 is 2.27 bits per heavy atom. The van der Waals surface area contributed by atoms with E-state index in [9.17, 15) is 19.2 Å². The minimum absolute atomic E-state index is 0.333. The third-order valence-electron chi connectivity index (χ3n) is 4.33. The van der Waals surface area contributed by atoms with E-state index in [1.54, 1.807) is 49.4 Å². The van der Waals surface area contributed by atoms with Gasteiger partial charge in [0.05, 0.1) is 0 Å². The molecule has 0 aromatic heterocycles. The number of rotatable bonds is 7. The normalized spacial score (nSPS) is 11.2. The standard InChI is InChI=1S/C22H25N3O5/c1-4-23-22(29)25-21(28)19(16-8-6-5-7-9-16)30-18(26)13-24-20(27)17-11-10-14(2)15(3)12-17/h5-12,19H,4,13H2,1-3H3,(H,24,27)(H2,23,25,28,29)/t19-/m0/s1. The highest BCUT2D eigenvalue weighted by Gasteiger charge is 2.26. The number of nitrogens with one attached hydrogen (secondary N) is 3. The third kappa shape index (κ3) is 6.44. The molecular weight excluding hydrogens is 386 g/mol. The summed E-state index contributed by atoms with van der Waals surface area (Å²) < 4.78 is 5.26. The van der Waals surface area contributed by atoms with E-state index < -0.39 is 36.5 Å². The highest BCUT2D eigenvalue weighted by Crippen LogP contribution is 2.17. The molecule has 2 aromatic carbocycles. The summed E-state index contributed by atoms with van der Waals surface area (Å²) in [4.78, 5) is 48.7. The van der Waals surface area contributed by atoms with Crippen molar-refractivity contribution in [1.82, 2.24) is 16.0 Å². The van der Waals surface area contributed by atoms with Gasteiger partial charge in [-0.15, -0.1) is 0 Å². The Balaban J connectivity index is 2.03. The number of carbonyl (C=O) groups excluding carboxylic acids is 4. The molecule has 0 fully saturated rings. The Bertz CT molecular complexity index is 928. The molecule has 1 atom stereocenters. The summed E-state index contributed by atoms with van der Waals surface area (Å²) in [6, 6.07) is 12.8. The molecule has 30 heavy (non-hydrogen) atoms. The lowest BCUT2D eigenvalue weighted by molar-refractivity contribution is -0.155. The summed E-state index contributed by atoms with van der Waals surface area (Å²) >= 11 is 0. The molecule has 2 rings (SSSR count). The molecule has 0 saturated heterocycles. The fourth-order valence-corrected chi connectivity index (χ4v) is 2.59. The molecule has 0 unspecified atom stereocenters. The number of hydrogen-bond acceptors (Lipinski definition) is 5. The zero-order valence-corrected chi connectivity index (χ0v) is 17.2. The Morgan fingerprint density at radius 2 is 1.63 bits per heavy atom. The lowest BCUT2D eigenvalue weighted by Crippen LogP contribution is -2.43. The average molecular weight is 411 g/mol. The smallest absolute Gasteiger partial charge is 0.326 e. The highest BCUT2D eigenvalue weighted by atomic mass is 16.5. The Kier molecular flexibility index (Phi) is 8.10. The molecule has 158 valence electrons. The van der Waals surface area contributed by atoms with Gasteiger partial charge in [-0.05, 0) is 44.0 Å². The summed E-state index contributed by atoms with van der Waals surface area (Å²) in [5.74, 6) is -2.04. The van der Waals surface area contributed by atoms with Crippen LogP contribution in [0.1, 0.15) is 40.1 Å². The van der Waals surface area contributed by atoms with Crippen molar-refractivity contribution in [2.24, 2.45) is 0 Å². The van der Waals surface area contributed by atoms with Crippen molar-refractivity contribution < 1.29 is 23.9 Å². The number of carbonyl (C=O) groups is 4. The van der Waals surface area contributed by atoms with E-state index in [2.05, 4.69) is 16.0 Å². The van der Waals surface area contributed by atoms with E-state index in [0.29, 0.717) is 17.7 Å². The number of imide groups is 1. The predicted molar refractivity (Wildman–Crippen MR) is 111 cm³/mol. The van der Waals surface area contributed by atoms with Crippen molar-refractivity contribution in [3.05, 3.63) is 70.8 Å². The first-order valence-electron chi connectivity index (χ1n) is 9.50. The van der Waals surface area contributed by atoms with E-state index in [4.69, 9.17) is 4.74 Å². The van der Waals surface area contributed by atoms with Gasteiger partial charge in [-0.3, -0.25) is 19.7 Å². The van der Waals surface area contributed by atoms with Crippen LogP contribution in [0.3, 0.4) is 0 Å². The topological polar surface area (TPSA) is 114 Å². The first kappa shape index (κ1) is 22.6. The maximum Gasteiger partial charge on any atom is 0.326 e. The third-order valence-corrected chi connectivity index (χ3v) is 4.33. The number of ether oxygens (including phenoxy) is 1. The molecule has 0 aliphatic carbocycles. The monoisotopic (exact) mass is 411 g/mol. The first-order chi connectivity index (χ1) is 14.3. The minimum Gasteiger partial charge on any atom is -0.446 e. The maximum atomic E-state index is 12.5. The van der Waals surface area contributed by atoms with Crippen LogP contribution in [-0.4, -0.2) is 36.9 Å². The van der Waals surface area contributed by atoms with Gasteiger partial charge in [0.1, 0.15) is 6.54 Å². The van der Waals surface area contributed by atoms with Crippen LogP contribution in [0, 0.1) is 13.8 Å². The van der Waals surface area contributed by atoms with Gasteiger partial charge in [0, 0.05) is 17.7 Å². The molecule has 0 spiro atoms. The van der Waals surface area contributed by atoms with Crippen molar-refractivity contribution in [2.75, 3.05) is 13.1 Å². The molecule has 0 bridgehead atoms. The lowest BCUT2D eigenvalue weighted by atomic mass is 10.1. The quantitative estimate of drug-likeness (QED) is 0.604. The zero-order valence-electron chi connectivity index (χ0n) is 17.2. The lowest BCUT2D eigenvalue weighted by Gasteiger charge is -2.18. The van der Waals surface area contributed by atoms with Gasteiger partial charge in [-0.2, -0.15) is 0 Å². The summed E-state index contributed by atoms with van der Waals surface area (Å²) in [6.45, 7) is 5.43. The number of esters is 1. The summed E-state index contributed by atoms with van der Waals surface area (Å²) in [5, 5.41) is 7.05. The SMILES string of the molecule is CCNC(=O)NC(=O)[C@@H](OC(=O)CNC(=O)c1ccc(C)c(C)c1)c1ccccc1. The van der Waals surface area contributed by atoms with Crippen molar-refractivity contribution >= 4 is 23.8 Å². The average Bonchev–Trinajstić information content (AvgIpc) is 2.72. The first-order valence-corrected chi connectivity index (χ1v) is 9.50. The summed E-state index contributed by atoms with van der Waals surface area (Å²) in [7, 11) is 0. The minimum atomic E-state index is -1.33. The van der Waals surface area contributed by atoms with E-state index in [-0.39, 0.29) is 0 Å². The summed E-state index contributed by atoms with van der Waals surface area (Å²) in [5.41, 5.74) is 2.82. The van der Waals surface area contributed by atoms with Crippen LogP contribution in [-0.2, 0) is 14.3 Å². The number of benzene rings is 2. The van der Waals surface area contributed by atoms with Crippen LogP contribution < -0.4 is 16.0 Å². The molecule has 0 aliphatic rings. The Labute approximate surface area is 175 Å². The van der Waals surface area contributed by atoms with Gasteiger partial charge >= 0.3 is 12.0 Å². The summed E-state index contributed by atoms with van der Waals surface area (Å²) in [6.07, 6.45) is -1.33. The number of hydrogen-bond donors (Lipinski definition) is 3. The molecule has 8 heteroatoms. The van der Waals surface area contributed by atoms with Gasteiger partial charge < -0.3 is 15.4 Å². The predicted octanol–water partition coefficient (Wildman–Crippen LogP) is 2.16. The largest absolute Gasteiger partial charge is 0.446 e. The number of aryl methyl sites for hydroxylation is 2. The molecule has 0 saturated carbocycles. The maximum absolute atomic E-state index is 12.5. The molecule has 0 radical (unpaired) electrons. The Morgan fingerprint density at radius 1 is 0.933 bits per heavy atom. The fourth-order valence-electron chi connectivity index (χ4n) is 2.59. The van der Waals surface area contributed by atoms with Gasteiger partial charge in [0.25, 0.3) is 11.8 Å². The van der Waals surface area contributed by atoms with E-state index in [1.807, 2.05) is 19.9 Å². The van der Waals surface area contributed by atoms with Crippen molar-refractivity contribution in [1.29, 1.82) is 0 Å². The second-order valence-electron chi connectivity index (χ2n) is 6.61. The molecule has 0 heterocycles. The van der Waals surface area contributed by atoms with E-state index in [1.165, 1.54) is 0 Å². The van der Waals surface area contributed by atoms with Gasteiger partial charge in [-0.25, -0.2) is 4.79 Å². The molecule has 8 nitrogen and oxygen atoms in total. The van der Waals surface area contributed by atoms with Crippen molar-refractivity contribution in [3.8, 4) is 0 Å². The van der Waals surface area contributed by atoms with Gasteiger partial charge in [0.15, 0.2) is 0 Å². The molecular formula is C22H25N3O5. The van der Waals surface area contributed by atoms with E-state index >= 15 is 0 Å². The highest BCUT2D eigenvalue weighted by molar-refractivity contribution is 5.98. The van der Waals surface area contributed by atoms with E-state index in [0.717, 1.165) is 11.1 Å².